The maximum Gasteiger partial charge on any atom is 0.0945 e. The molecule has 0 bridgehead atoms. The van der Waals surface area contributed by atoms with Crippen molar-refractivity contribution in [2.24, 2.45) is 11.8 Å². The molecular weight excluding hydrogens is 244 g/mol. The minimum absolute atomic E-state index is 0.854. The van der Waals surface area contributed by atoms with Crippen LogP contribution in [-0.2, 0) is 6.54 Å². The van der Waals surface area contributed by atoms with Crippen LogP contribution >= 0.6 is 0 Å². The molecule has 114 valence electrons. The van der Waals surface area contributed by atoms with E-state index in [1.165, 1.54) is 77.2 Å². The highest BCUT2D eigenvalue weighted by atomic mass is 15.0. The van der Waals surface area contributed by atoms with Gasteiger partial charge in [0.2, 0.25) is 0 Å². The van der Waals surface area contributed by atoms with Crippen LogP contribution < -0.4 is 0 Å². The van der Waals surface area contributed by atoms with Gasteiger partial charge in [-0.2, -0.15) is 0 Å². The number of nitrogens with zero attached hydrogens (tertiary/aromatic N) is 2. The van der Waals surface area contributed by atoms with Crippen LogP contribution in [-0.4, -0.2) is 9.55 Å². The van der Waals surface area contributed by atoms with Gasteiger partial charge in [0.25, 0.3) is 0 Å². The molecule has 0 aliphatic heterocycles. The van der Waals surface area contributed by atoms with Crippen LogP contribution in [0.4, 0.5) is 0 Å². The van der Waals surface area contributed by atoms with E-state index in [0.717, 1.165) is 11.8 Å². The van der Waals surface area contributed by atoms with Gasteiger partial charge in [-0.3, -0.25) is 0 Å². The molecule has 1 aromatic rings. The van der Waals surface area contributed by atoms with E-state index in [0.29, 0.717) is 0 Å². The van der Waals surface area contributed by atoms with Gasteiger partial charge in [-0.1, -0.05) is 64.7 Å². The number of unbranched alkanes of at least 4 members (excludes halogenated alkanes) is 1. The van der Waals surface area contributed by atoms with E-state index in [2.05, 4.69) is 22.7 Å². The lowest BCUT2D eigenvalue weighted by molar-refractivity contribution is 0.303. The Labute approximate surface area is 125 Å². The van der Waals surface area contributed by atoms with Gasteiger partial charge in [0.1, 0.15) is 0 Å². The fourth-order valence-corrected chi connectivity index (χ4v) is 3.68. The number of aromatic nitrogens is 2. The summed E-state index contributed by atoms with van der Waals surface area (Å²) in [5.41, 5.74) is 0. The van der Waals surface area contributed by atoms with E-state index in [-0.39, 0.29) is 0 Å². The van der Waals surface area contributed by atoms with E-state index in [1.807, 2.05) is 12.5 Å². The van der Waals surface area contributed by atoms with Crippen LogP contribution in [0.1, 0.15) is 77.6 Å². The smallest absolute Gasteiger partial charge is 0.0945 e. The van der Waals surface area contributed by atoms with Crippen molar-refractivity contribution < 1.29 is 0 Å². The Hall–Kier alpha value is -0.790. The van der Waals surface area contributed by atoms with Crippen molar-refractivity contribution in [3.8, 4) is 0 Å². The molecule has 1 heterocycles. The maximum atomic E-state index is 4.17. The summed E-state index contributed by atoms with van der Waals surface area (Å²) >= 11 is 0. The lowest BCUT2D eigenvalue weighted by atomic mass is 9.84. The number of hydrogen-bond donors (Lipinski definition) is 0. The summed E-state index contributed by atoms with van der Waals surface area (Å²) in [7, 11) is 0. The van der Waals surface area contributed by atoms with Gasteiger partial charge in [0.05, 0.1) is 6.33 Å². The zero-order chi connectivity index (χ0) is 14.0. The van der Waals surface area contributed by atoms with Crippen molar-refractivity contribution in [3.05, 3.63) is 18.7 Å². The summed E-state index contributed by atoms with van der Waals surface area (Å²) in [6.45, 7) is 3.47. The molecular formula is C18H32N2. The molecule has 1 aliphatic carbocycles. The van der Waals surface area contributed by atoms with Crippen LogP contribution in [0.25, 0.3) is 0 Å². The first kappa shape index (κ1) is 15.6. The van der Waals surface area contributed by atoms with Crippen molar-refractivity contribution in [1.82, 2.24) is 9.55 Å². The highest BCUT2D eigenvalue weighted by Gasteiger charge is 2.15. The summed E-state index contributed by atoms with van der Waals surface area (Å²) in [5.74, 6) is 1.90. The molecule has 0 saturated heterocycles. The Kier molecular flexibility index (Phi) is 7.18. The largest absolute Gasteiger partial charge is 0.337 e. The van der Waals surface area contributed by atoms with E-state index >= 15 is 0 Å². The summed E-state index contributed by atoms with van der Waals surface area (Å²) in [5, 5.41) is 0. The molecule has 1 aromatic heterocycles. The minimum Gasteiger partial charge on any atom is -0.337 e. The average molecular weight is 276 g/mol. The zero-order valence-corrected chi connectivity index (χ0v) is 13.3. The van der Waals surface area contributed by atoms with Crippen molar-refractivity contribution >= 4 is 0 Å². The number of imidazole rings is 1. The van der Waals surface area contributed by atoms with Crippen LogP contribution in [0.15, 0.2) is 18.7 Å². The molecule has 0 amide bonds. The Morgan fingerprint density at radius 3 is 2.65 bits per heavy atom. The summed E-state index contributed by atoms with van der Waals surface area (Å²) < 4.78 is 2.26. The highest BCUT2D eigenvalue weighted by molar-refractivity contribution is 4.76. The van der Waals surface area contributed by atoms with Crippen molar-refractivity contribution in [3.63, 3.8) is 0 Å². The predicted octanol–water partition coefficient (Wildman–Crippen LogP) is 5.44. The van der Waals surface area contributed by atoms with Crippen LogP contribution in [0.3, 0.4) is 0 Å². The van der Waals surface area contributed by atoms with Gasteiger partial charge < -0.3 is 4.57 Å². The zero-order valence-electron chi connectivity index (χ0n) is 13.3. The Morgan fingerprint density at radius 1 is 1.15 bits per heavy atom. The second kappa shape index (κ2) is 9.20. The van der Waals surface area contributed by atoms with Crippen molar-refractivity contribution in [1.29, 1.82) is 0 Å². The normalized spacial score (nSPS) is 18.2. The molecule has 1 unspecified atom stereocenters. The third-order valence-corrected chi connectivity index (χ3v) is 4.94. The first-order chi connectivity index (χ1) is 9.88. The third-order valence-electron chi connectivity index (χ3n) is 4.94. The SMILES string of the molecule is CCCCC(CCCC1CCCCC1)Cn1ccnc1. The lowest BCUT2D eigenvalue weighted by Gasteiger charge is -2.23. The average Bonchev–Trinajstić information content (AvgIpc) is 2.98. The first-order valence-corrected chi connectivity index (χ1v) is 8.84. The van der Waals surface area contributed by atoms with Crippen molar-refractivity contribution in [2.45, 2.75) is 84.1 Å². The molecule has 1 fully saturated rings. The van der Waals surface area contributed by atoms with E-state index in [9.17, 15) is 0 Å². The van der Waals surface area contributed by atoms with Gasteiger partial charge in [-0.15, -0.1) is 0 Å². The fourth-order valence-electron chi connectivity index (χ4n) is 3.68. The summed E-state index contributed by atoms with van der Waals surface area (Å²) in [6.07, 6.45) is 21.9. The summed E-state index contributed by atoms with van der Waals surface area (Å²) in [6, 6.07) is 0. The molecule has 0 spiro atoms. The van der Waals surface area contributed by atoms with E-state index < -0.39 is 0 Å². The lowest BCUT2D eigenvalue weighted by Crippen LogP contribution is -2.11. The Morgan fingerprint density at radius 2 is 1.95 bits per heavy atom. The predicted molar refractivity (Wildman–Crippen MR) is 85.7 cm³/mol. The standard InChI is InChI=1S/C18H32N2/c1-2-3-8-18(15-20-14-13-19-16-20)12-7-11-17-9-5-4-6-10-17/h13-14,16-18H,2-12,15H2,1H3. The molecule has 0 radical (unpaired) electrons. The van der Waals surface area contributed by atoms with Crippen LogP contribution in [0.5, 0.6) is 0 Å². The van der Waals surface area contributed by atoms with Crippen LogP contribution in [0.2, 0.25) is 0 Å². The second-order valence-corrected chi connectivity index (χ2v) is 6.70. The van der Waals surface area contributed by atoms with E-state index in [4.69, 9.17) is 0 Å². The Balaban J connectivity index is 1.69. The molecule has 0 N–H and O–H groups in total. The minimum atomic E-state index is 0.854. The quantitative estimate of drug-likeness (QED) is 0.587. The third kappa shape index (κ3) is 5.68. The topological polar surface area (TPSA) is 17.8 Å². The molecule has 2 heteroatoms. The van der Waals surface area contributed by atoms with E-state index in [1.54, 1.807) is 0 Å². The summed E-state index contributed by atoms with van der Waals surface area (Å²) in [4.78, 5) is 4.17. The number of hydrogen-bond acceptors (Lipinski definition) is 1. The second-order valence-electron chi connectivity index (χ2n) is 6.70. The van der Waals surface area contributed by atoms with Crippen molar-refractivity contribution in [2.75, 3.05) is 0 Å². The van der Waals surface area contributed by atoms with Gasteiger partial charge in [0.15, 0.2) is 0 Å². The molecule has 0 aromatic carbocycles. The molecule has 2 rings (SSSR count). The fraction of sp³-hybridized carbons (Fsp3) is 0.833. The van der Waals surface area contributed by atoms with Gasteiger partial charge >= 0.3 is 0 Å². The molecule has 1 saturated carbocycles. The van der Waals surface area contributed by atoms with Gasteiger partial charge in [-0.25, -0.2) is 4.98 Å². The molecule has 1 aliphatic rings. The van der Waals surface area contributed by atoms with Gasteiger partial charge in [-0.05, 0) is 24.7 Å². The molecule has 2 nitrogen and oxygen atoms in total. The monoisotopic (exact) mass is 276 g/mol. The van der Waals surface area contributed by atoms with Crippen LogP contribution in [0, 0.1) is 11.8 Å². The van der Waals surface area contributed by atoms with Gasteiger partial charge in [0, 0.05) is 18.9 Å². The highest BCUT2D eigenvalue weighted by Crippen LogP contribution is 2.29. The molecule has 1 atom stereocenters. The number of rotatable bonds is 9. The molecule has 20 heavy (non-hydrogen) atoms. The Bertz CT molecular complexity index is 325. The maximum absolute atomic E-state index is 4.17. The first-order valence-electron chi connectivity index (χ1n) is 8.84.